The van der Waals surface area contributed by atoms with Gasteiger partial charge in [-0.1, -0.05) is 71.7 Å². The van der Waals surface area contributed by atoms with Gasteiger partial charge in [-0.3, -0.25) is 0 Å². The summed E-state index contributed by atoms with van der Waals surface area (Å²) >= 11 is 18.7. The third-order valence-corrected chi connectivity index (χ3v) is 5.92. The molecule has 0 bridgehead atoms. The van der Waals surface area contributed by atoms with Gasteiger partial charge in [0.2, 0.25) is 0 Å². The second-order valence-corrected chi connectivity index (χ2v) is 9.08. The van der Waals surface area contributed by atoms with E-state index in [4.69, 9.17) is 43.5 Å². The van der Waals surface area contributed by atoms with Crippen LogP contribution in [0.25, 0.3) is 21.5 Å². The summed E-state index contributed by atoms with van der Waals surface area (Å²) in [5.41, 5.74) is 0. The molecule has 0 aromatic heterocycles. The Morgan fingerprint density at radius 1 is 0.630 bits per heavy atom. The van der Waals surface area contributed by atoms with Crippen LogP contribution in [0.2, 0.25) is 10.0 Å². The van der Waals surface area contributed by atoms with Gasteiger partial charge in [0, 0.05) is 22.0 Å². The molecule has 27 heavy (non-hydrogen) atoms. The molecule has 0 saturated heterocycles. The number of hydrogen-bond donors (Lipinski definition) is 0. The van der Waals surface area contributed by atoms with E-state index in [1.54, 1.807) is 36.4 Å². The predicted molar refractivity (Wildman–Crippen MR) is 113 cm³/mol. The minimum Gasteiger partial charge on any atom is -0.404 e. The molecule has 4 rings (SSSR count). The van der Waals surface area contributed by atoms with Crippen molar-refractivity contribution in [1.82, 2.24) is 0 Å². The van der Waals surface area contributed by atoms with Gasteiger partial charge in [0.1, 0.15) is 11.5 Å². The fourth-order valence-corrected chi connectivity index (χ4v) is 4.74. The van der Waals surface area contributed by atoms with Crippen LogP contribution in [0.15, 0.2) is 72.8 Å². The molecule has 0 spiro atoms. The molecule has 0 saturated carbocycles. The highest BCUT2D eigenvalue weighted by molar-refractivity contribution is 7.82. The van der Waals surface area contributed by atoms with Gasteiger partial charge < -0.3 is 9.05 Å². The second-order valence-electron chi connectivity index (χ2n) is 5.80. The van der Waals surface area contributed by atoms with Gasteiger partial charge >= 0.3 is 6.95 Å². The highest BCUT2D eigenvalue weighted by atomic mass is 35.7. The maximum Gasteiger partial charge on any atom is 0.530 e. The summed E-state index contributed by atoms with van der Waals surface area (Å²) in [6.45, 7) is -4.03. The molecular weight excluding hydrogens is 426 g/mol. The summed E-state index contributed by atoms with van der Waals surface area (Å²) in [6, 6.07) is 21.4. The first kappa shape index (κ1) is 18.5. The van der Waals surface area contributed by atoms with Crippen LogP contribution in [0.5, 0.6) is 11.5 Å². The van der Waals surface area contributed by atoms with E-state index < -0.39 is 6.95 Å². The standard InChI is InChI=1S/C20H12Cl3O3P/c21-15-9-1-5-13-7-3-11-17(19(13)15)25-27(23,24)26-18-12-4-8-14-6-2-10-16(22)20(14)18/h1-12H. The lowest BCUT2D eigenvalue weighted by Crippen LogP contribution is -1.97. The molecule has 136 valence electrons. The van der Waals surface area contributed by atoms with Crippen LogP contribution < -0.4 is 9.05 Å². The summed E-state index contributed by atoms with van der Waals surface area (Å²) in [5.74, 6) is 0.561. The molecule has 0 aliphatic heterocycles. The first-order valence-electron chi connectivity index (χ1n) is 7.98. The molecule has 0 N–H and O–H groups in total. The number of fused-ring (bicyclic) bond motifs is 2. The molecule has 0 radical (unpaired) electrons. The van der Waals surface area contributed by atoms with E-state index in [-0.39, 0.29) is 11.5 Å². The Morgan fingerprint density at radius 3 is 1.41 bits per heavy atom. The first-order valence-corrected chi connectivity index (χ1v) is 11.2. The molecule has 0 unspecified atom stereocenters. The lowest BCUT2D eigenvalue weighted by atomic mass is 10.1. The largest absolute Gasteiger partial charge is 0.530 e. The third-order valence-electron chi connectivity index (χ3n) is 4.05. The van der Waals surface area contributed by atoms with Crippen molar-refractivity contribution in [1.29, 1.82) is 0 Å². The van der Waals surface area contributed by atoms with Crippen molar-refractivity contribution in [3.8, 4) is 11.5 Å². The maximum absolute atomic E-state index is 12.9. The van der Waals surface area contributed by atoms with E-state index in [0.717, 1.165) is 10.8 Å². The molecule has 4 aromatic carbocycles. The average molecular weight is 438 g/mol. The average Bonchev–Trinajstić information content (AvgIpc) is 2.61. The normalized spacial score (nSPS) is 11.7. The number of hydrogen-bond acceptors (Lipinski definition) is 3. The van der Waals surface area contributed by atoms with E-state index in [1.165, 1.54) is 0 Å². The van der Waals surface area contributed by atoms with Gasteiger partial charge in [0.25, 0.3) is 0 Å². The monoisotopic (exact) mass is 436 g/mol. The van der Waals surface area contributed by atoms with Crippen LogP contribution in [-0.2, 0) is 4.57 Å². The lowest BCUT2D eigenvalue weighted by molar-refractivity contribution is 0.410. The van der Waals surface area contributed by atoms with Gasteiger partial charge in [-0.25, -0.2) is 4.57 Å². The lowest BCUT2D eigenvalue weighted by Gasteiger charge is -2.17. The Kier molecular flexibility index (Phi) is 4.96. The minimum atomic E-state index is -4.03. The number of rotatable bonds is 4. The smallest absolute Gasteiger partial charge is 0.404 e. The second kappa shape index (κ2) is 7.26. The summed E-state index contributed by atoms with van der Waals surface area (Å²) in [6.07, 6.45) is 0. The topological polar surface area (TPSA) is 35.5 Å². The van der Waals surface area contributed by atoms with Crippen molar-refractivity contribution in [3.05, 3.63) is 82.8 Å². The highest BCUT2D eigenvalue weighted by Crippen LogP contribution is 2.55. The van der Waals surface area contributed by atoms with Gasteiger partial charge in [0.05, 0.1) is 10.0 Å². The molecule has 0 aliphatic carbocycles. The molecule has 7 heteroatoms. The van der Waals surface area contributed by atoms with Crippen molar-refractivity contribution >= 4 is 62.9 Å². The van der Waals surface area contributed by atoms with Crippen molar-refractivity contribution in [2.75, 3.05) is 0 Å². The van der Waals surface area contributed by atoms with Crippen LogP contribution in [0.1, 0.15) is 0 Å². The number of halogens is 3. The van der Waals surface area contributed by atoms with E-state index in [1.807, 2.05) is 36.4 Å². The van der Waals surface area contributed by atoms with Crippen LogP contribution in [0, 0.1) is 0 Å². The molecule has 0 heterocycles. The van der Waals surface area contributed by atoms with Crippen LogP contribution in [0.3, 0.4) is 0 Å². The third kappa shape index (κ3) is 3.74. The Balaban J connectivity index is 1.73. The van der Waals surface area contributed by atoms with Crippen molar-refractivity contribution in [2.45, 2.75) is 0 Å². The Bertz CT molecular complexity index is 1110. The van der Waals surface area contributed by atoms with Crippen LogP contribution in [-0.4, -0.2) is 0 Å². The summed E-state index contributed by atoms with van der Waals surface area (Å²) in [7, 11) is 0. The Hall–Kier alpha value is -1.90. The molecular formula is C20H12Cl3O3P. The summed E-state index contributed by atoms with van der Waals surface area (Å²) in [5, 5.41) is 3.83. The molecule has 0 atom stereocenters. The summed E-state index contributed by atoms with van der Waals surface area (Å²) < 4.78 is 24.0. The van der Waals surface area contributed by atoms with Crippen LogP contribution in [0.4, 0.5) is 0 Å². The molecule has 4 aromatic rings. The van der Waals surface area contributed by atoms with E-state index >= 15 is 0 Å². The molecule has 0 aliphatic rings. The zero-order valence-electron chi connectivity index (χ0n) is 13.7. The SMILES string of the molecule is O=P(Cl)(Oc1cccc2cccc(Cl)c12)Oc1cccc2cccc(Cl)c12. The highest BCUT2D eigenvalue weighted by Gasteiger charge is 2.27. The minimum absolute atomic E-state index is 0.280. The molecule has 3 nitrogen and oxygen atoms in total. The van der Waals surface area contributed by atoms with Crippen LogP contribution >= 0.6 is 41.4 Å². The summed E-state index contributed by atoms with van der Waals surface area (Å²) in [4.78, 5) is 0. The predicted octanol–water partition coefficient (Wildman–Crippen LogP) is 8.10. The van der Waals surface area contributed by atoms with Gasteiger partial charge in [-0.2, -0.15) is 0 Å². The van der Waals surface area contributed by atoms with Crippen molar-refractivity contribution in [3.63, 3.8) is 0 Å². The molecule has 0 fully saturated rings. The van der Waals surface area contributed by atoms with Crippen molar-refractivity contribution < 1.29 is 13.6 Å². The van der Waals surface area contributed by atoms with E-state index in [0.29, 0.717) is 20.8 Å². The first-order chi connectivity index (χ1) is 12.9. The Labute approximate surface area is 170 Å². The number of benzene rings is 4. The van der Waals surface area contributed by atoms with Gasteiger partial charge in [-0.15, -0.1) is 0 Å². The van der Waals surface area contributed by atoms with E-state index in [9.17, 15) is 4.57 Å². The van der Waals surface area contributed by atoms with Gasteiger partial charge in [-0.05, 0) is 35.0 Å². The fourth-order valence-electron chi connectivity index (χ4n) is 2.93. The fraction of sp³-hybridized carbons (Fsp3) is 0. The molecule has 0 amide bonds. The zero-order valence-corrected chi connectivity index (χ0v) is 16.9. The van der Waals surface area contributed by atoms with Gasteiger partial charge in [0.15, 0.2) is 0 Å². The zero-order chi connectivity index (χ0) is 19.0. The maximum atomic E-state index is 12.9. The Morgan fingerprint density at radius 2 is 1.00 bits per heavy atom. The quantitative estimate of drug-likeness (QED) is 0.302. The van der Waals surface area contributed by atoms with E-state index in [2.05, 4.69) is 0 Å². The van der Waals surface area contributed by atoms with Crippen molar-refractivity contribution in [2.24, 2.45) is 0 Å².